The van der Waals surface area contributed by atoms with Gasteiger partial charge in [-0.25, -0.2) is 0 Å². The summed E-state index contributed by atoms with van der Waals surface area (Å²) < 4.78 is 5.43. The lowest BCUT2D eigenvalue weighted by Gasteiger charge is -2.48. The molecule has 28 heavy (non-hydrogen) atoms. The molecular formula is C22H39N3O3. The van der Waals surface area contributed by atoms with Crippen molar-refractivity contribution in [1.29, 1.82) is 0 Å². The van der Waals surface area contributed by atoms with E-state index in [0.29, 0.717) is 29.7 Å². The summed E-state index contributed by atoms with van der Waals surface area (Å²) in [5, 5.41) is 16.6. The summed E-state index contributed by atoms with van der Waals surface area (Å²) in [4.78, 5) is 15.9. The van der Waals surface area contributed by atoms with Crippen LogP contribution in [-0.2, 0) is 11.3 Å². The van der Waals surface area contributed by atoms with Gasteiger partial charge in [-0.2, -0.15) is 4.98 Å². The van der Waals surface area contributed by atoms with Gasteiger partial charge < -0.3 is 14.9 Å². The second-order valence-electron chi connectivity index (χ2n) is 9.86. The standard InChI is InChI=1S/C22H39N3O3/c1-16(2)23-15-18-24-20(28-25-18)17(14-19(26)27)10-9-13-22(21(3,4)5)11-7-6-8-12-22/h16-17,23H,6-15H2,1-5H3,(H,26,27). The van der Waals surface area contributed by atoms with Gasteiger partial charge in [0.15, 0.2) is 5.82 Å². The fourth-order valence-corrected chi connectivity index (χ4v) is 4.61. The maximum Gasteiger partial charge on any atom is 0.304 e. The highest BCUT2D eigenvalue weighted by Crippen LogP contribution is 2.53. The van der Waals surface area contributed by atoms with E-state index in [1.54, 1.807) is 0 Å². The fraction of sp³-hybridized carbons (Fsp3) is 0.864. The van der Waals surface area contributed by atoms with E-state index in [4.69, 9.17) is 4.52 Å². The number of nitrogens with zero attached hydrogens (tertiary/aromatic N) is 2. The third kappa shape index (κ3) is 6.29. The van der Waals surface area contributed by atoms with Crippen molar-refractivity contribution in [1.82, 2.24) is 15.5 Å². The van der Waals surface area contributed by atoms with Gasteiger partial charge in [0.2, 0.25) is 5.89 Å². The Hall–Kier alpha value is -1.43. The minimum absolute atomic E-state index is 0.0434. The summed E-state index contributed by atoms with van der Waals surface area (Å²) >= 11 is 0. The largest absolute Gasteiger partial charge is 0.481 e. The molecule has 1 fully saturated rings. The van der Waals surface area contributed by atoms with Crippen molar-refractivity contribution < 1.29 is 14.4 Å². The average molecular weight is 394 g/mol. The third-order valence-corrected chi connectivity index (χ3v) is 6.53. The predicted octanol–water partition coefficient (Wildman–Crippen LogP) is 5.29. The van der Waals surface area contributed by atoms with Crippen LogP contribution in [-0.4, -0.2) is 27.3 Å². The molecule has 6 nitrogen and oxygen atoms in total. The SMILES string of the molecule is CC(C)NCc1noc(C(CCCC2(C(C)(C)C)CCCCC2)CC(=O)O)n1. The first-order valence-corrected chi connectivity index (χ1v) is 10.9. The summed E-state index contributed by atoms with van der Waals surface area (Å²) in [6, 6.07) is 0.334. The number of carboxylic acid groups (broad SMARTS) is 1. The van der Waals surface area contributed by atoms with Crippen molar-refractivity contribution in [2.75, 3.05) is 0 Å². The van der Waals surface area contributed by atoms with E-state index < -0.39 is 5.97 Å². The van der Waals surface area contributed by atoms with Crippen LogP contribution in [0, 0.1) is 10.8 Å². The molecule has 1 atom stereocenters. The summed E-state index contributed by atoms with van der Waals surface area (Å²) in [5.74, 6) is 0.0422. The molecule has 0 amide bonds. The van der Waals surface area contributed by atoms with Gasteiger partial charge in [-0.15, -0.1) is 0 Å². The van der Waals surface area contributed by atoms with Gasteiger partial charge in [0, 0.05) is 12.0 Å². The predicted molar refractivity (Wildman–Crippen MR) is 110 cm³/mol. The maximum atomic E-state index is 11.4. The Balaban J connectivity index is 2.01. The van der Waals surface area contributed by atoms with Crippen molar-refractivity contribution >= 4 is 5.97 Å². The first-order valence-electron chi connectivity index (χ1n) is 10.9. The lowest BCUT2D eigenvalue weighted by atomic mass is 9.57. The van der Waals surface area contributed by atoms with Crippen molar-refractivity contribution in [3.05, 3.63) is 11.7 Å². The smallest absolute Gasteiger partial charge is 0.304 e. The topological polar surface area (TPSA) is 88.2 Å². The zero-order valence-electron chi connectivity index (χ0n) is 18.4. The molecule has 2 rings (SSSR count). The molecule has 1 heterocycles. The molecule has 1 aliphatic rings. The zero-order chi connectivity index (χ0) is 20.8. The van der Waals surface area contributed by atoms with Gasteiger partial charge in [0.25, 0.3) is 0 Å². The molecule has 1 aromatic heterocycles. The van der Waals surface area contributed by atoms with E-state index in [1.807, 2.05) is 0 Å². The van der Waals surface area contributed by atoms with Crippen LogP contribution >= 0.6 is 0 Å². The van der Waals surface area contributed by atoms with E-state index in [-0.39, 0.29) is 17.8 Å². The third-order valence-electron chi connectivity index (χ3n) is 6.53. The molecule has 6 heteroatoms. The quantitative estimate of drug-likeness (QED) is 0.561. The first kappa shape index (κ1) is 22.9. The molecule has 1 aliphatic carbocycles. The molecule has 0 saturated heterocycles. The van der Waals surface area contributed by atoms with Crippen LogP contribution in [0.25, 0.3) is 0 Å². The van der Waals surface area contributed by atoms with E-state index in [9.17, 15) is 9.90 Å². The molecule has 1 aromatic rings. The zero-order valence-corrected chi connectivity index (χ0v) is 18.4. The van der Waals surface area contributed by atoms with Gasteiger partial charge in [0.1, 0.15) is 0 Å². The Labute approximate surface area is 169 Å². The van der Waals surface area contributed by atoms with Gasteiger partial charge in [0.05, 0.1) is 13.0 Å². The van der Waals surface area contributed by atoms with E-state index in [2.05, 4.69) is 50.1 Å². The summed E-state index contributed by atoms with van der Waals surface area (Å²) in [5.41, 5.74) is 0.635. The lowest BCUT2D eigenvalue weighted by molar-refractivity contribution is -0.137. The fourth-order valence-electron chi connectivity index (χ4n) is 4.61. The van der Waals surface area contributed by atoms with Gasteiger partial charge in [-0.1, -0.05) is 65.5 Å². The molecule has 0 radical (unpaired) electrons. The number of carboxylic acids is 1. The number of rotatable bonds is 10. The molecule has 0 aromatic carbocycles. The van der Waals surface area contributed by atoms with E-state index in [0.717, 1.165) is 19.3 Å². The highest BCUT2D eigenvalue weighted by molar-refractivity contribution is 5.67. The minimum Gasteiger partial charge on any atom is -0.481 e. The molecule has 1 saturated carbocycles. The van der Waals surface area contributed by atoms with E-state index >= 15 is 0 Å². The normalized spacial score (nSPS) is 18.4. The molecule has 0 spiro atoms. The monoisotopic (exact) mass is 393 g/mol. The molecule has 1 unspecified atom stereocenters. The maximum absolute atomic E-state index is 11.4. The minimum atomic E-state index is -0.812. The second-order valence-corrected chi connectivity index (χ2v) is 9.86. The molecule has 2 N–H and O–H groups in total. The van der Waals surface area contributed by atoms with Gasteiger partial charge in [-0.3, -0.25) is 4.79 Å². The van der Waals surface area contributed by atoms with Gasteiger partial charge in [-0.05, 0) is 36.5 Å². The molecular weight excluding hydrogens is 354 g/mol. The number of carbonyl (C=O) groups is 1. The van der Waals surface area contributed by atoms with Crippen LogP contribution in [0.5, 0.6) is 0 Å². The van der Waals surface area contributed by atoms with Crippen LogP contribution in [0.15, 0.2) is 4.52 Å². The van der Waals surface area contributed by atoms with Crippen LogP contribution in [0.1, 0.15) is 110 Å². The van der Waals surface area contributed by atoms with Crippen LogP contribution < -0.4 is 5.32 Å². The van der Waals surface area contributed by atoms with Crippen LogP contribution in [0.3, 0.4) is 0 Å². The number of aromatic nitrogens is 2. The Morgan fingerprint density at radius 1 is 1.25 bits per heavy atom. The number of hydrogen-bond donors (Lipinski definition) is 2. The highest BCUT2D eigenvalue weighted by atomic mass is 16.5. The Morgan fingerprint density at radius 2 is 1.93 bits per heavy atom. The van der Waals surface area contributed by atoms with Crippen LogP contribution in [0.2, 0.25) is 0 Å². The Bertz CT molecular complexity index is 613. The average Bonchev–Trinajstić information content (AvgIpc) is 3.07. The highest BCUT2D eigenvalue weighted by Gasteiger charge is 2.41. The number of aliphatic carboxylic acids is 1. The molecule has 0 aliphatic heterocycles. The number of nitrogens with one attached hydrogen (secondary N) is 1. The summed E-state index contributed by atoms with van der Waals surface area (Å²) in [7, 11) is 0. The molecule has 160 valence electrons. The van der Waals surface area contributed by atoms with Crippen molar-refractivity contribution in [3.63, 3.8) is 0 Å². The summed E-state index contributed by atoms with van der Waals surface area (Å²) in [6.07, 6.45) is 9.49. The lowest BCUT2D eigenvalue weighted by Crippen LogP contribution is -2.37. The van der Waals surface area contributed by atoms with Crippen molar-refractivity contribution in [3.8, 4) is 0 Å². The van der Waals surface area contributed by atoms with E-state index in [1.165, 1.54) is 32.1 Å². The second kappa shape index (κ2) is 9.86. The number of hydrogen-bond acceptors (Lipinski definition) is 5. The molecule has 0 bridgehead atoms. The van der Waals surface area contributed by atoms with Crippen LogP contribution in [0.4, 0.5) is 0 Å². The van der Waals surface area contributed by atoms with Crippen molar-refractivity contribution in [2.24, 2.45) is 10.8 Å². The first-order chi connectivity index (χ1) is 13.1. The van der Waals surface area contributed by atoms with Crippen molar-refractivity contribution in [2.45, 2.75) is 111 Å². The summed E-state index contributed by atoms with van der Waals surface area (Å²) in [6.45, 7) is 11.7. The Kier molecular flexibility index (Phi) is 8.05. The Morgan fingerprint density at radius 3 is 2.50 bits per heavy atom. The van der Waals surface area contributed by atoms with Gasteiger partial charge >= 0.3 is 5.97 Å².